The van der Waals surface area contributed by atoms with E-state index in [1.54, 1.807) is 48.5 Å². The fraction of sp³-hybridized carbons (Fsp3) is 0.392. The molecule has 3 amide bonds. The second-order valence-corrected chi connectivity index (χ2v) is 16.2. The topological polar surface area (TPSA) is 143 Å². The Hall–Kier alpha value is -6.23. The zero-order valence-corrected chi connectivity index (χ0v) is 36.2. The quantitative estimate of drug-likeness (QED) is 0.0624. The van der Waals surface area contributed by atoms with Gasteiger partial charge in [-0.1, -0.05) is 112 Å². The number of hydrogen-bond donors (Lipinski definition) is 2. The molecule has 1 aromatic heterocycles. The van der Waals surface area contributed by atoms with Gasteiger partial charge in [0, 0.05) is 60.2 Å². The van der Waals surface area contributed by atoms with E-state index in [-0.39, 0.29) is 29.3 Å². The molecule has 11 nitrogen and oxygen atoms in total. The predicted octanol–water partition coefficient (Wildman–Crippen LogP) is 10.5. The first kappa shape index (κ1) is 45.3. The molecule has 2 N–H and O–H groups in total. The van der Waals surface area contributed by atoms with E-state index in [9.17, 15) is 24.0 Å². The number of hydrogen-bond acceptors (Lipinski definition) is 7. The Kier molecular flexibility index (Phi) is 16.9. The molecule has 0 saturated carbocycles. The minimum Gasteiger partial charge on any atom is -0.342 e. The van der Waals surface area contributed by atoms with Crippen molar-refractivity contribution in [2.24, 2.45) is 0 Å². The third kappa shape index (κ3) is 12.2. The molecule has 2 heterocycles. The van der Waals surface area contributed by atoms with Gasteiger partial charge in [-0.2, -0.15) is 0 Å². The van der Waals surface area contributed by atoms with Crippen molar-refractivity contribution in [2.75, 3.05) is 10.2 Å². The van der Waals surface area contributed by atoms with Gasteiger partial charge in [0.05, 0.1) is 24.0 Å². The number of nitrogens with zero attached hydrogens (tertiary/aromatic N) is 4. The molecule has 1 aliphatic rings. The lowest BCUT2D eigenvalue weighted by atomic mass is 9.95. The van der Waals surface area contributed by atoms with Crippen LogP contribution < -0.4 is 15.5 Å². The normalized spacial score (nSPS) is 12.3. The number of aryl methyl sites for hydroxylation is 1. The summed E-state index contributed by atoms with van der Waals surface area (Å²) in [6, 6.07) is 30.9. The minimum atomic E-state index is -0.653. The Balaban J connectivity index is 1.15. The molecule has 0 aliphatic carbocycles. The van der Waals surface area contributed by atoms with Crippen molar-refractivity contribution >= 4 is 40.7 Å². The van der Waals surface area contributed by atoms with Crippen molar-refractivity contribution in [1.82, 2.24) is 20.3 Å². The lowest BCUT2D eigenvalue weighted by molar-refractivity contribution is -0.121. The summed E-state index contributed by atoms with van der Waals surface area (Å²) in [4.78, 5) is 67.7. The smallest absolute Gasteiger partial charge is 0.255 e. The molecule has 4 aromatic carbocycles. The van der Waals surface area contributed by atoms with E-state index in [1.807, 2.05) is 71.1 Å². The molecule has 5 aromatic rings. The van der Waals surface area contributed by atoms with Crippen molar-refractivity contribution in [2.45, 2.75) is 129 Å². The number of unbranched alkanes of at least 4 members (excludes halogenated alkanes) is 7. The number of carbonyl (C=O) groups excluding carboxylic acids is 5. The number of carbonyl (C=O) groups is 5. The first-order valence-corrected chi connectivity index (χ1v) is 22.5. The largest absolute Gasteiger partial charge is 0.342 e. The molecule has 0 fully saturated rings. The molecular formula is C51H60N6O5. The van der Waals surface area contributed by atoms with Crippen molar-refractivity contribution in [3.63, 3.8) is 0 Å². The van der Waals surface area contributed by atoms with E-state index < -0.39 is 6.04 Å². The van der Waals surface area contributed by atoms with Gasteiger partial charge in [0.1, 0.15) is 11.5 Å². The summed E-state index contributed by atoms with van der Waals surface area (Å²) < 4.78 is 1.90. The summed E-state index contributed by atoms with van der Waals surface area (Å²) >= 11 is 0. The van der Waals surface area contributed by atoms with Gasteiger partial charge < -0.3 is 15.5 Å². The summed E-state index contributed by atoms with van der Waals surface area (Å²) in [5, 5.41) is 15.3. The number of rotatable bonds is 23. The number of anilines is 2. The van der Waals surface area contributed by atoms with Crippen molar-refractivity contribution in [1.29, 1.82) is 0 Å². The van der Waals surface area contributed by atoms with Crippen LogP contribution in [0.4, 0.5) is 11.4 Å². The maximum atomic E-state index is 13.9. The molecule has 1 unspecified atom stereocenters. The highest BCUT2D eigenvalue weighted by molar-refractivity contribution is 6.05. The number of fused-ring (bicyclic) bond motifs is 5. The monoisotopic (exact) mass is 836 g/mol. The molecule has 324 valence electrons. The van der Waals surface area contributed by atoms with Crippen LogP contribution in [0.1, 0.15) is 136 Å². The van der Waals surface area contributed by atoms with E-state index in [0.717, 1.165) is 65.9 Å². The van der Waals surface area contributed by atoms with Crippen LogP contribution in [0.3, 0.4) is 0 Å². The summed E-state index contributed by atoms with van der Waals surface area (Å²) in [6.45, 7) is 4.96. The second kappa shape index (κ2) is 23.1. The first-order chi connectivity index (χ1) is 30.3. The molecular weight excluding hydrogens is 777 g/mol. The number of para-hydroxylation sites is 1. The lowest BCUT2D eigenvalue weighted by Gasteiger charge is -2.29. The zero-order valence-electron chi connectivity index (χ0n) is 36.2. The van der Waals surface area contributed by atoms with Crippen molar-refractivity contribution in [3.8, 4) is 22.5 Å². The summed E-state index contributed by atoms with van der Waals surface area (Å²) in [6.07, 6.45) is 11.2. The van der Waals surface area contributed by atoms with E-state index >= 15 is 0 Å². The van der Waals surface area contributed by atoms with Crippen LogP contribution in [0.5, 0.6) is 0 Å². The molecule has 0 spiro atoms. The number of nitrogens with one attached hydrogen (secondary N) is 2. The van der Waals surface area contributed by atoms with Crippen LogP contribution in [-0.2, 0) is 27.5 Å². The molecule has 11 heteroatoms. The molecule has 62 heavy (non-hydrogen) atoms. The Morgan fingerprint density at radius 2 is 1.31 bits per heavy atom. The Labute approximate surface area is 365 Å². The van der Waals surface area contributed by atoms with Crippen LogP contribution in [-0.4, -0.2) is 50.3 Å². The molecule has 6 rings (SSSR count). The standard InChI is InChI=1S/C51H60N6O5/c1-3-5-6-7-8-12-29-46(59)44(53-51(62)38-31-33-40(34-32-38)52-50(61)37-21-10-9-11-22-37)27-19-20-35-57-49-43-26-16-17-28-45(43)56(47(60)30-18-14-24-41(58)4-2)36-39-23-13-15-25-42(39)48(49)54-55-57/h9-11,13,15-17,21-23,25-26,28,31-34,44H,3-8,12,14,18-20,24,27,29-30,35-36H2,1-2H3,(H,52,61)(H,53,62). The van der Waals surface area contributed by atoms with Crippen molar-refractivity contribution in [3.05, 3.63) is 120 Å². The fourth-order valence-corrected chi connectivity index (χ4v) is 8.02. The van der Waals surface area contributed by atoms with Crippen molar-refractivity contribution < 1.29 is 24.0 Å². The number of Topliss-reactive ketones (excluding diaryl/α,β-unsaturated/α-hetero) is 2. The van der Waals surface area contributed by atoms with Crippen LogP contribution in [0, 0.1) is 0 Å². The molecule has 0 saturated heterocycles. The zero-order chi connectivity index (χ0) is 43.7. The first-order valence-electron chi connectivity index (χ1n) is 22.5. The number of aromatic nitrogens is 3. The van der Waals surface area contributed by atoms with Crippen LogP contribution in [0.2, 0.25) is 0 Å². The molecule has 1 aliphatic heterocycles. The van der Waals surface area contributed by atoms with Gasteiger partial charge in [-0.25, -0.2) is 4.68 Å². The summed E-state index contributed by atoms with van der Waals surface area (Å²) in [5.74, 6) is -0.336. The maximum absolute atomic E-state index is 13.9. The average molecular weight is 837 g/mol. The van der Waals surface area contributed by atoms with E-state index in [1.165, 1.54) is 6.42 Å². The highest BCUT2D eigenvalue weighted by Crippen LogP contribution is 2.41. The van der Waals surface area contributed by atoms with E-state index in [2.05, 4.69) is 22.8 Å². The lowest BCUT2D eigenvalue weighted by Crippen LogP contribution is -2.40. The molecule has 0 bridgehead atoms. The fourth-order valence-electron chi connectivity index (χ4n) is 8.02. The van der Waals surface area contributed by atoms with Crippen LogP contribution >= 0.6 is 0 Å². The van der Waals surface area contributed by atoms with Crippen LogP contribution in [0.15, 0.2) is 103 Å². The Bertz CT molecular complexity index is 2290. The summed E-state index contributed by atoms with van der Waals surface area (Å²) in [5.41, 5.74) is 6.62. The molecule has 1 atom stereocenters. The van der Waals surface area contributed by atoms with Gasteiger partial charge in [0.15, 0.2) is 5.78 Å². The minimum absolute atomic E-state index is 0.00293. The van der Waals surface area contributed by atoms with Gasteiger partial charge in [-0.3, -0.25) is 24.0 Å². The van der Waals surface area contributed by atoms with Gasteiger partial charge in [-0.05, 0) is 86.6 Å². The SMILES string of the molecule is CCCCCCCCC(=O)C(CCCCn1nnc2c1-c1ccccc1N(C(=O)CCCCC(=O)CC)Cc1ccccc1-2)NC(=O)c1ccc(NC(=O)c2ccccc2)cc1. The van der Waals surface area contributed by atoms with E-state index in [0.29, 0.717) is 87.7 Å². The highest BCUT2D eigenvalue weighted by atomic mass is 16.2. The molecule has 0 radical (unpaired) electrons. The predicted molar refractivity (Wildman–Crippen MR) is 245 cm³/mol. The second-order valence-electron chi connectivity index (χ2n) is 16.2. The number of benzene rings is 4. The number of ketones is 2. The summed E-state index contributed by atoms with van der Waals surface area (Å²) in [7, 11) is 0. The van der Waals surface area contributed by atoms with E-state index in [4.69, 9.17) is 5.10 Å². The van der Waals surface area contributed by atoms with Gasteiger partial charge >= 0.3 is 0 Å². The Morgan fingerprint density at radius 1 is 0.645 bits per heavy atom. The third-order valence-electron chi connectivity index (χ3n) is 11.6. The van der Waals surface area contributed by atoms with Gasteiger partial charge in [-0.15, -0.1) is 5.10 Å². The maximum Gasteiger partial charge on any atom is 0.255 e. The van der Waals surface area contributed by atoms with Gasteiger partial charge in [0.25, 0.3) is 11.8 Å². The highest BCUT2D eigenvalue weighted by Gasteiger charge is 2.29. The average Bonchev–Trinajstić information content (AvgIpc) is 3.71. The third-order valence-corrected chi connectivity index (χ3v) is 11.6. The van der Waals surface area contributed by atoms with Crippen LogP contribution in [0.25, 0.3) is 22.5 Å². The Morgan fingerprint density at radius 3 is 2.08 bits per heavy atom. The van der Waals surface area contributed by atoms with Gasteiger partial charge in [0.2, 0.25) is 5.91 Å². The number of amides is 3.